The zero-order valence-corrected chi connectivity index (χ0v) is 15.1. The number of nitrogens with one attached hydrogen (secondary N) is 1. The number of nitrogens with zero attached hydrogens (tertiary/aromatic N) is 3. The minimum absolute atomic E-state index is 0.174. The van der Waals surface area contributed by atoms with Crippen LogP contribution in [0.4, 0.5) is 0 Å². The molecule has 1 amide bonds. The second-order valence-electron chi connectivity index (χ2n) is 6.30. The Hall–Kier alpha value is -2.47. The van der Waals surface area contributed by atoms with E-state index in [1.807, 2.05) is 39.2 Å². The Morgan fingerprint density at radius 2 is 1.92 bits per heavy atom. The third-order valence-corrected chi connectivity index (χ3v) is 4.08. The predicted octanol–water partition coefficient (Wildman–Crippen LogP) is 1.56. The van der Waals surface area contributed by atoms with Crippen LogP contribution in [0.3, 0.4) is 0 Å². The summed E-state index contributed by atoms with van der Waals surface area (Å²) >= 11 is 0. The molecule has 0 radical (unpaired) electrons. The summed E-state index contributed by atoms with van der Waals surface area (Å²) < 4.78 is 1.34. The third-order valence-electron chi connectivity index (χ3n) is 4.08. The fraction of sp³-hybridized carbons (Fsp3) is 0.421. The Kier molecular flexibility index (Phi) is 6.89. The van der Waals surface area contributed by atoms with E-state index in [1.165, 1.54) is 22.4 Å². The Morgan fingerprint density at radius 3 is 2.56 bits per heavy atom. The molecule has 0 aliphatic carbocycles. The van der Waals surface area contributed by atoms with E-state index in [4.69, 9.17) is 0 Å². The van der Waals surface area contributed by atoms with Gasteiger partial charge in [0, 0.05) is 25.2 Å². The second-order valence-corrected chi connectivity index (χ2v) is 6.30. The average Bonchev–Trinajstić information content (AvgIpc) is 2.61. The number of carbonyl (C=O) groups is 1. The van der Waals surface area contributed by atoms with Crippen molar-refractivity contribution in [3.8, 4) is 0 Å². The Morgan fingerprint density at radius 1 is 1.20 bits per heavy atom. The third kappa shape index (κ3) is 5.53. The number of rotatable bonds is 8. The van der Waals surface area contributed by atoms with Crippen LogP contribution in [0.5, 0.6) is 0 Å². The molecule has 0 aliphatic rings. The molecule has 1 aromatic heterocycles. The van der Waals surface area contributed by atoms with E-state index >= 15 is 0 Å². The average molecular weight is 342 g/mol. The summed E-state index contributed by atoms with van der Waals surface area (Å²) in [6, 6.07) is 13.2. The lowest BCUT2D eigenvalue weighted by atomic mass is 10.1. The monoisotopic (exact) mass is 342 g/mol. The number of hydrogen-bond acceptors (Lipinski definition) is 4. The second kappa shape index (κ2) is 9.13. The highest BCUT2D eigenvalue weighted by Gasteiger charge is 2.15. The summed E-state index contributed by atoms with van der Waals surface area (Å²) in [4.78, 5) is 26.2. The molecule has 0 spiro atoms. The van der Waals surface area contributed by atoms with E-state index in [0.717, 1.165) is 12.8 Å². The van der Waals surface area contributed by atoms with Crippen molar-refractivity contribution in [1.29, 1.82) is 0 Å². The molecule has 6 nitrogen and oxygen atoms in total. The molecule has 1 atom stereocenters. The molecule has 2 rings (SSSR count). The van der Waals surface area contributed by atoms with Gasteiger partial charge in [0.1, 0.15) is 5.69 Å². The molecule has 1 unspecified atom stereocenters. The van der Waals surface area contributed by atoms with Gasteiger partial charge in [-0.1, -0.05) is 37.3 Å². The van der Waals surface area contributed by atoms with Gasteiger partial charge in [0.15, 0.2) is 0 Å². The van der Waals surface area contributed by atoms with Gasteiger partial charge >= 0.3 is 0 Å². The molecule has 2 aromatic rings. The first-order chi connectivity index (χ1) is 12.0. The zero-order valence-electron chi connectivity index (χ0n) is 15.1. The molecule has 0 saturated heterocycles. The van der Waals surface area contributed by atoms with Gasteiger partial charge in [0.05, 0.1) is 0 Å². The minimum atomic E-state index is -0.259. The van der Waals surface area contributed by atoms with Crippen molar-refractivity contribution in [2.75, 3.05) is 20.6 Å². The highest BCUT2D eigenvalue weighted by molar-refractivity contribution is 5.92. The maximum atomic E-state index is 12.4. The summed E-state index contributed by atoms with van der Waals surface area (Å²) in [5.74, 6) is -0.259. The van der Waals surface area contributed by atoms with Crippen LogP contribution in [0, 0.1) is 0 Å². The van der Waals surface area contributed by atoms with Crippen LogP contribution < -0.4 is 10.9 Å². The first-order valence-corrected chi connectivity index (χ1v) is 8.58. The number of likely N-dealkylation sites (N-methyl/N-ethyl adjacent to an activating group) is 1. The predicted molar refractivity (Wildman–Crippen MR) is 98.7 cm³/mol. The van der Waals surface area contributed by atoms with Crippen LogP contribution in [0.1, 0.15) is 29.4 Å². The van der Waals surface area contributed by atoms with Crippen molar-refractivity contribution in [3.63, 3.8) is 0 Å². The molecule has 6 heteroatoms. The summed E-state index contributed by atoms with van der Waals surface area (Å²) in [6.45, 7) is 2.98. The van der Waals surface area contributed by atoms with Crippen LogP contribution in [-0.2, 0) is 13.0 Å². The van der Waals surface area contributed by atoms with Crippen LogP contribution in [0.2, 0.25) is 0 Å². The van der Waals surface area contributed by atoms with Gasteiger partial charge in [-0.2, -0.15) is 5.10 Å². The summed E-state index contributed by atoms with van der Waals surface area (Å²) in [7, 11) is 4.00. The van der Waals surface area contributed by atoms with Crippen LogP contribution in [0.15, 0.2) is 47.3 Å². The van der Waals surface area contributed by atoms with Crippen LogP contribution in [-0.4, -0.2) is 47.3 Å². The van der Waals surface area contributed by atoms with Crippen molar-refractivity contribution in [2.24, 2.45) is 0 Å². The molecular formula is C19H26N4O2. The van der Waals surface area contributed by atoms with E-state index in [-0.39, 0.29) is 23.2 Å². The van der Waals surface area contributed by atoms with Gasteiger partial charge in [-0.25, -0.2) is 4.68 Å². The Bertz CT molecular complexity index is 741. The van der Waals surface area contributed by atoms with Crippen molar-refractivity contribution in [1.82, 2.24) is 20.0 Å². The number of aromatic nitrogens is 2. The van der Waals surface area contributed by atoms with E-state index in [2.05, 4.69) is 27.4 Å². The summed E-state index contributed by atoms with van der Waals surface area (Å²) in [6.07, 6.45) is 1.63. The number of amides is 1. The number of aryl methyl sites for hydroxylation is 1. The van der Waals surface area contributed by atoms with Gasteiger partial charge in [0.25, 0.3) is 11.5 Å². The van der Waals surface area contributed by atoms with Crippen molar-refractivity contribution < 1.29 is 4.79 Å². The molecule has 0 fully saturated rings. The van der Waals surface area contributed by atoms with Crippen molar-refractivity contribution in [3.05, 3.63) is 64.1 Å². The molecule has 25 heavy (non-hydrogen) atoms. The lowest BCUT2D eigenvalue weighted by Gasteiger charge is -2.24. The lowest BCUT2D eigenvalue weighted by molar-refractivity contribution is 0.0934. The molecule has 1 heterocycles. The maximum Gasteiger partial charge on any atom is 0.271 e. The molecule has 1 aromatic carbocycles. The van der Waals surface area contributed by atoms with Crippen LogP contribution >= 0.6 is 0 Å². The standard InChI is InChI=1S/C19H26N4O2/c1-4-12-23-18(24)11-10-17(21-23)19(25)20-14-16(22(2)3)13-15-8-6-5-7-9-15/h5-11,16H,4,12-14H2,1-3H3,(H,20,25). The number of hydrogen-bond donors (Lipinski definition) is 1. The van der Waals surface area contributed by atoms with Crippen molar-refractivity contribution in [2.45, 2.75) is 32.4 Å². The topological polar surface area (TPSA) is 67.2 Å². The van der Waals surface area contributed by atoms with E-state index in [0.29, 0.717) is 13.1 Å². The fourth-order valence-electron chi connectivity index (χ4n) is 2.57. The molecule has 1 N–H and O–H groups in total. The molecular weight excluding hydrogens is 316 g/mol. The highest BCUT2D eigenvalue weighted by atomic mass is 16.2. The SMILES string of the molecule is CCCn1nc(C(=O)NCC(Cc2ccccc2)N(C)C)ccc1=O. The maximum absolute atomic E-state index is 12.4. The zero-order chi connectivity index (χ0) is 18.2. The Balaban J connectivity index is 2.01. The Labute approximate surface area is 148 Å². The molecule has 0 aliphatic heterocycles. The molecule has 0 bridgehead atoms. The van der Waals surface area contributed by atoms with Crippen LogP contribution in [0.25, 0.3) is 0 Å². The minimum Gasteiger partial charge on any atom is -0.349 e. The van der Waals surface area contributed by atoms with Gasteiger partial charge in [-0.3, -0.25) is 9.59 Å². The highest BCUT2D eigenvalue weighted by Crippen LogP contribution is 2.06. The normalized spacial score (nSPS) is 12.2. The van der Waals surface area contributed by atoms with Crippen molar-refractivity contribution >= 4 is 5.91 Å². The fourth-order valence-corrected chi connectivity index (χ4v) is 2.57. The summed E-state index contributed by atoms with van der Waals surface area (Å²) in [5.41, 5.74) is 1.31. The quantitative estimate of drug-likeness (QED) is 0.790. The molecule has 0 saturated carbocycles. The number of carbonyl (C=O) groups excluding carboxylic acids is 1. The van der Waals surface area contributed by atoms with E-state index < -0.39 is 0 Å². The first kappa shape index (κ1) is 18.9. The largest absolute Gasteiger partial charge is 0.349 e. The number of benzene rings is 1. The van der Waals surface area contributed by atoms with E-state index in [9.17, 15) is 9.59 Å². The molecule has 134 valence electrons. The lowest BCUT2D eigenvalue weighted by Crippen LogP contribution is -2.42. The van der Waals surface area contributed by atoms with Gasteiger partial charge in [-0.15, -0.1) is 0 Å². The van der Waals surface area contributed by atoms with E-state index in [1.54, 1.807) is 0 Å². The smallest absolute Gasteiger partial charge is 0.271 e. The van der Waals surface area contributed by atoms with Gasteiger partial charge in [-0.05, 0) is 38.6 Å². The van der Waals surface area contributed by atoms with Gasteiger partial charge < -0.3 is 10.2 Å². The van der Waals surface area contributed by atoms with Gasteiger partial charge in [0.2, 0.25) is 0 Å². The first-order valence-electron chi connectivity index (χ1n) is 8.58. The summed E-state index contributed by atoms with van der Waals surface area (Å²) in [5, 5.41) is 7.08.